The molecule has 0 aliphatic carbocycles. The number of rotatable bonds is 5. The summed E-state index contributed by atoms with van der Waals surface area (Å²) in [6.45, 7) is 2.02. The standard InChI is InChI=1S/C27H28BrN5O5/c28-17-13-21(27(36)31-10-4-1-5-11-31)25(23(14-17)33(37)38)29-18-7-6-12-32(16-18)26(35)20-15-24(34)30-22-9-3-2-8-19(20)22/h2-3,8-9,13-15,18,29H,1,4-7,10-12,16H2,(H,30,34)/t18-/m1/s1. The number of piperidine rings is 2. The molecular formula is C27H28BrN5O5. The lowest BCUT2D eigenvalue weighted by atomic mass is 10.0. The van der Waals surface area contributed by atoms with Crippen molar-refractivity contribution in [2.24, 2.45) is 0 Å². The Hall–Kier alpha value is -3.73. The maximum absolute atomic E-state index is 13.5. The summed E-state index contributed by atoms with van der Waals surface area (Å²) < 4.78 is 0.455. The second kappa shape index (κ2) is 10.9. The Bertz CT molecular complexity index is 1470. The molecule has 2 N–H and O–H groups in total. The Balaban J connectivity index is 1.44. The number of nitro benzene ring substituents is 1. The van der Waals surface area contributed by atoms with Gasteiger partial charge in [0.05, 0.1) is 16.1 Å². The number of pyridine rings is 1. The number of fused-ring (bicyclic) bond motifs is 1. The van der Waals surface area contributed by atoms with Gasteiger partial charge in [0.1, 0.15) is 5.69 Å². The number of carbonyl (C=O) groups excluding carboxylic acids is 2. The van der Waals surface area contributed by atoms with Gasteiger partial charge < -0.3 is 20.1 Å². The maximum Gasteiger partial charge on any atom is 0.294 e. The van der Waals surface area contributed by atoms with Crippen LogP contribution in [0.3, 0.4) is 0 Å². The molecule has 2 fully saturated rings. The molecule has 11 heteroatoms. The number of halogens is 1. The zero-order valence-corrected chi connectivity index (χ0v) is 22.3. The summed E-state index contributed by atoms with van der Waals surface area (Å²) in [6.07, 6.45) is 4.21. The van der Waals surface area contributed by atoms with Crippen LogP contribution >= 0.6 is 15.9 Å². The highest BCUT2D eigenvalue weighted by molar-refractivity contribution is 9.10. The average molecular weight is 582 g/mol. The van der Waals surface area contributed by atoms with E-state index in [9.17, 15) is 24.5 Å². The zero-order valence-electron chi connectivity index (χ0n) is 20.7. The van der Waals surface area contributed by atoms with Gasteiger partial charge in [0.2, 0.25) is 5.56 Å². The summed E-state index contributed by atoms with van der Waals surface area (Å²) in [6, 6.07) is 11.2. The van der Waals surface area contributed by atoms with Gasteiger partial charge in [-0.3, -0.25) is 24.5 Å². The van der Waals surface area contributed by atoms with Gasteiger partial charge >= 0.3 is 0 Å². The number of hydrogen-bond acceptors (Lipinski definition) is 6. The first-order valence-corrected chi connectivity index (χ1v) is 13.6. The molecule has 2 aliphatic heterocycles. The Morgan fingerprint density at radius 1 is 0.974 bits per heavy atom. The van der Waals surface area contributed by atoms with Crippen molar-refractivity contribution in [2.75, 3.05) is 31.5 Å². The van der Waals surface area contributed by atoms with Crippen molar-refractivity contribution in [3.63, 3.8) is 0 Å². The van der Waals surface area contributed by atoms with Crippen molar-refractivity contribution in [1.82, 2.24) is 14.8 Å². The van der Waals surface area contributed by atoms with Crippen LogP contribution < -0.4 is 10.9 Å². The maximum atomic E-state index is 13.5. The number of H-pyrrole nitrogens is 1. The normalized spacial score (nSPS) is 17.9. The molecule has 2 aliphatic rings. The molecule has 1 aromatic heterocycles. The van der Waals surface area contributed by atoms with Gasteiger partial charge in [-0.25, -0.2) is 0 Å². The van der Waals surface area contributed by atoms with Crippen LogP contribution in [-0.4, -0.2) is 63.7 Å². The predicted molar refractivity (Wildman–Crippen MR) is 148 cm³/mol. The van der Waals surface area contributed by atoms with Crippen LogP contribution in [0.15, 0.2) is 51.7 Å². The van der Waals surface area contributed by atoms with Gasteiger partial charge in [0.15, 0.2) is 0 Å². The van der Waals surface area contributed by atoms with Crippen molar-refractivity contribution in [3.05, 3.63) is 78.5 Å². The third-order valence-corrected chi connectivity index (χ3v) is 7.65. The zero-order chi connectivity index (χ0) is 26.8. The number of para-hydroxylation sites is 1. The molecule has 5 rings (SSSR count). The third kappa shape index (κ3) is 5.28. The minimum absolute atomic E-state index is 0.176. The molecular weight excluding hydrogens is 554 g/mol. The van der Waals surface area contributed by atoms with Gasteiger partial charge in [-0.15, -0.1) is 0 Å². The van der Waals surface area contributed by atoms with Gasteiger partial charge in [0, 0.05) is 59.7 Å². The summed E-state index contributed by atoms with van der Waals surface area (Å²) in [7, 11) is 0. The molecule has 0 saturated carbocycles. The quantitative estimate of drug-likeness (QED) is 0.336. The number of nitrogens with one attached hydrogen (secondary N) is 2. The van der Waals surface area contributed by atoms with Crippen molar-refractivity contribution in [1.29, 1.82) is 0 Å². The number of amides is 2. The van der Waals surface area contributed by atoms with E-state index < -0.39 is 4.92 Å². The number of hydrogen-bond donors (Lipinski definition) is 2. The second-order valence-corrected chi connectivity index (χ2v) is 10.7. The number of nitro groups is 1. The van der Waals surface area contributed by atoms with Gasteiger partial charge in [-0.05, 0) is 44.2 Å². The summed E-state index contributed by atoms with van der Waals surface area (Å²) in [5.74, 6) is -0.510. The number of benzene rings is 2. The fraction of sp³-hybridized carbons (Fsp3) is 0.370. The van der Waals surface area contributed by atoms with E-state index in [0.717, 1.165) is 19.3 Å². The second-order valence-electron chi connectivity index (χ2n) is 9.78. The van der Waals surface area contributed by atoms with Gasteiger partial charge in [0.25, 0.3) is 17.5 Å². The first kappa shape index (κ1) is 25.9. The lowest BCUT2D eigenvalue weighted by Gasteiger charge is -2.34. The summed E-state index contributed by atoms with van der Waals surface area (Å²) in [4.78, 5) is 56.9. The van der Waals surface area contributed by atoms with Crippen LogP contribution in [0.4, 0.5) is 11.4 Å². The van der Waals surface area contributed by atoms with Crippen LogP contribution in [0.2, 0.25) is 0 Å². The van der Waals surface area contributed by atoms with Crippen LogP contribution in [0, 0.1) is 10.1 Å². The van der Waals surface area contributed by atoms with Crippen LogP contribution in [0.5, 0.6) is 0 Å². The summed E-state index contributed by atoms with van der Waals surface area (Å²) >= 11 is 3.33. The number of aromatic amines is 1. The Labute approximate surface area is 227 Å². The Morgan fingerprint density at radius 2 is 1.68 bits per heavy atom. The largest absolute Gasteiger partial charge is 0.374 e. The summed E-state index contributed by atoms with van der Waals surface area (Å²) in [5, 5.41) is 15.9. The fourth-order valence-electron chi connectivity index (χ4n) is 5.36. The number of likely N-dealkylation sites (tertiary alicyclic amines) is 2. The van der Waals surface area contributed by atoms with Crippen molar-refractivity contribution in [2.45, 2.75) is 38.1 Å². The summed E-state index contributed by atoms with van der Waals surface area (Å²) in [5.41, 5.74) is 0.780. The molecule has 2 saturated heterocycles. The van der Waals surface area contributed by atoms with Crippen molar-refractivity contribution >= 4 is 50.0 Å². The molecule has 0 bridgehead atoms. The predicted octanol–water partition coefficient (Wildman–Crippen LogP) is 4.54. The minimum atomic E-state index is -0.492. The van der Waals surface area contributed by atoms with Crippen LogP contribution in [-0.2, 0) is 0 Å². The molecule has 1 atom stereocenters. The molecule has 0 spiro atoms. The molecule has 0 radical (unpaired) electrons. The highest BCUT2D eigenvalue weighted by atomic mass is 79.9. The van der Waals surface area contributed by atoms with E-state index in [0.29, 0.717) is 53.4 Å². The SMILES string of the molecule is O=C(c1cc(Br)cc([N+](=O)[O-])c1N[C@@H]1CCCN(C(=O)c2cc(=O)[nH]c3ccccc23)C1)N1CCCCC1. The number of carbonyl (C=O) groups is 2. The topological polar surface area (TPSA) is 129 Å². The molecule has 3 heterocycles. The molecule has 0 unspecified atom stereocenters. The third-order valence-electron chi connectivity index (χ3n) is 7.19. The number of anilines is 1. The fourth-order valence-corrected chi connectivity index (χ4v) is 5.81. The minimum Gasteiger partial charge on any atom is -0.374 e. The van der Waals surface area contributed by atoms with Crippen molar-refractivity contribution < 1.29 is 14.5 Å². The highest BCUT2D eigenvalue weighted by Crippen LogP contribution is 2.35. The first-order valence-electron chi connectivity index (χ1n) is 12.8. The number of nitrogens with zero attached hydrogens (tertiary/aromatic N) is 3. The average Bonchev–Trinajstić information content (AvgIpc) is 2.93. The van der Waals surface area contributed by atoms with E-state index in [-0.39, 0.29) is 46.9 Å². The van der Waals surface area contributed by atoms with E-state index in [1.54, 1.807) is 34.1 Å². The van der Waals surface area contributed by atoms with Gasteiger partial charge in [-0.2, -0.15) is 0 Å². The molecule has 2 amide bonds. The monoisotopic (exact) mass is 581 g/mol. The van der Waals surface area contributed by atoms with E-state index in [2.05, 4.69) is 26.2 Å². The molecule has 3 aromatic rings. The lowest BCUT2D eigenvalue weighted by Crippen LogP contribution is -2.45. The molecule has 10 nitrogen and oxygen atoms in total. The Morgan fingerprint density at radius 3 is 2.45 bits per heavy atom. The van der Waals surface area contributed by atoms with E-state index >= 15 is 0 Å². The molecule has 2 aromatic carbocycles. The molecule has 38 heavy (non-hydrogen) atoms. The Kier molecular flexibility index (Phi) is 7.46. The molecule has 198 valence electrons. The van der Waals surface area contributed by atoms with E-state index in [1.807, 2.05) is 6.07 Å². The van der Waals surface area contributed by atoms with E-state index in [1.165, 1.54) is 12.1 Å². The highest BCUT2D eigenvalue weighted by Gasteiger charge is 2.31. The lowest BCUT2D eigenvalue weighted by molar-refractivity contribution is -0.384. The smallest absolute Gasteiger partial charge is 0.294 e. The van der Waals surface area contributed by atoms with Crippen LogP contribution in [0.25, 0.3) is 10.9 Å². The number of aromatic nitrogens is 1. The first-order chi connectivity index (χ1) is 18.3. The van der Waals surface area contributed by atoms with Gasteiger partial charge in [-0.1, -0.05) is 34.1 Å². The van der Waals surface area contributed by atoms with Crippen molar-refractivity contribution in [3.8, 4) is 0 Å². The van der Waals surface area contributed by atoms with Crippen LogP contribution in [0.1, 0.15) is 52.8 Å². The van der Waals surface area contributed by atoms with E-state index in [4.69, 9.17) is 0 Å².